The van der Waals surface area contributed by atoms with Gasteiger partial charge in [0.2, 0.25) is 39.5 Å². The first kappa shape index (κ1) is 42.4. The summed E-state index contributed by atoms with van der Waals surface area (Å²) in [5, 5.41) is 4.49. The predicted molar refractivity (Wildman–Crippen MR) is 211 cm³/mol. The maximum absolute atomic E-state index is 14.0. The van der Waals surface area contributed by atoms with Crippen molar-refractivity contribution in [1.29, 1.82) is 0 Å². The van der Waals surface area contributed by atoms with Crippen LogP contribution in [0.1, 0.15) is 65.9 Å². The normalized spacial score (nSPS) is 17.7. The van der Waals surface area contributed by atoms with Crippen LogP contribution in [0.2, 0.25) is 0 Å². The number of piperazine rings is 1. The molecule has 16 nitrogen and oxygen atoms in total. The molecule has 0 bridgehead atoms. The predicted octanol–water partition coefficient (Wildman–Crippen LogP) is 2.03. The maximum Gasteiger partial charge on any atom is 0.264 e. The number of thiazole rings is 1. The Morgan fingerprint density at radius 1 is 0.982 bits per heavy atom. The molecule has 2 aliphatic rings. The molecule has 2 aliphatic heterocycles. The summed E-state index contributed by atoms with van der Waals surface area (Å²) in [5.74, 6) is -2.52. The summed E-state index contributed by atoms with van der Waals surface area (Å²) in [4.78, 5) is 65.2. The third kappa shape index (κ3) is 11.7. The molecule has 5 rings (SSSR count). The Balaban J connectivity index is 1.24. The number of nitrogens with one attached hydrogen (secondary N) is 2. The largest absolute Gasteiger partial charge is 0.369 e. The van der Waals surface area contributed by atoms with Crippen LogP contribution in [0.4, 0.5) is 0 Å². The first-order valence-electron chi connectivity index (χ1n) is 18.5. The highest BCUT2D eigenvalue weighted by atomic mass is 32.2. The third-order valence-electron chi connectivity index (χ3n) is 9.56. The molecule has 3 amide bonds. The summed E-state index contributed by atoms with van der Waals surface area (Å²) in [7, 11) is -7.95. The molecule has 0 aliphatic carbocycles. The van der Waals surface area contributed by atoms with E-state index in [4.69, 9.17) is 5.73 Å². The lowest BCUT2D eigenvalue weighted by Crippen LogP contribution is -2.60. The minimum absolute atomic E-state index is 0.0176. The molecule has 302 valence electrons. The van der Waals surface area contributed by atoms with Crippen molar-refractivity contribution in [3.05, 3.63) is 82.3 Å². The molecule has 4 N–H and O–H groups in total. The Morgan fingerprint density at radius 3 is 2.38 bits per heavy atom. The molecule has 2 fully saturated rings. The van der Waals surface area contributed by atoms with E-state index in [2.05, 4.69) is 20.0 Å². The average Bonchev–Trinajstić information content (AvgIpc) is 3.72. The highest BCUT2D eigenvalue weighted by molar-refractivity contribution is 7.90. The van der Waals surface area contributed by atoms with E-state index in [0.29, 0.717) is 18.7 Å². The summed E-state index contributed by atoms with van der Waals surface area (Å²) in [6.07, 6.45) is 4.50. The number of aryl methyl sites for hydroxylation is 1. The maximum atomic E-state index is 14.0. The number of carbonyl (C=O) groups is 4. The summed E-state index contributed by atoms with van der Waals surface area (Å²) in [6, 6.07) is 12.6. The van der Waals surface area contributed by atoms with Crippen molar-refractivity contribution in [1.82, 2.24) is 29.1 Å². The van der Waals surface area contributed by atoms with Gasteiger partial charge in [-0.05, 0) is 63.1 Å². The summed E-state index contributed by atoms with van der Waals surface area (Å²) in [6.45, 7) is 2.49. The van der Waals surface area contributed by atoms with Crippen LogP contribution in [-0.2, 0) is 40.2 Å². The van der Waals surface area contributed by atoms with Crippen molar-refractivity contribution in [2.75, 3.05) is 39.3 Å². The fourth-order valence-electron chi connectivity index (χ4n) is 6.62. The highest BCUT2D eigenvalue weighted by Gasteiger charge is 2.42. The van der Waals surface area contributed by atoms with Crippen LogP contribution in [0, 0.1) is 6.92 Å². The zero-order chi connectivity index (χ0) is 40.3. The van der Waals surface area contributed by atoms with Crippen molar-refractivity contribution in [2.24, 2.45) is 10.7 Å². The second-order valence-corrected chi connectivity index (χ2v) is 18.3. The number of aromatic nitrogens is 1. The Morgan fingerprint density at radius 2 is 1.70 bits per heavy atom. The number of hydrogen-bond donors (Lipinski definition) is 3. The lowest BCUT2D eigenvalue weighted by molar-refractivity contribution is -0.143. The first-order chi connectivity index (χ1) is 26.7. The van der Waals surface area contributed by atoms with Crippen LogP contribution in [0.3, 0.4) is 0 Å². The Bertz CT molecular complexity index is 2070. The molecule has 3 heterocycles. The minimum Gasteiger partial charge on any atom is -0.369 e. The van der Waals surface area contributed by atoms with Gasteiger partial charge in [-0.3, -0.25) is 24.2 Å². The van der Waals surface area contributed by atoms with E-state index in [9.17, 15) is 36.0 Å². The molecular formula is C37H48N8O8S3. The van der Waals surface area contributed by atoms with Gasteiger partial charge in [0.25, 0.3) is 10.0 Å². The number of ketones is 1. The molecular weight excluding hydrogens is 781 g/mol. The molecule has 0 radical (unpaired) electrons. The number of amides is 3. The van der Waals surface area contributed by atoms with Gasteiger partial charge in [0.05, 0.1) is 23.2 Å². The number of aliphatic imine (C=N–C) groups is 1. The summed E-state index contributed by atoms with van der Waals surface area (Å²) >= 11 is 1.10. The van der Waals surface area contributed by atoms with E-state index in [1.165, 1.54) is 23.2 Å². The number of nitrogens with zero attached hydrogens (tertiary/aromatic N) is 5. The highest BCUT2D eigenvalue weighted by Crippen LogP contribution is 2.24. The lowest BCUT2D eigenvalue weighted by Gasteiger charge is -2.40. The van der Waals surface area contributed by atoms with Crippen LogP contribution >= 0.6 is 11.3 Å². The smallest absolute Gasteiger partial charge is 0.264 e. The Labute approximate surface area is 331 Å². The SMILES string of the molecule is Cc1ccc(S(=O)(=O)NC(N)=NCCCC(NC(=O)CN2CCN(S(=O)(=O)Cc3ccccc3)C(CCC(=O)N3CCCCC3)C2=O)C(=O)c2nccs2)cc1. The van der Waals surface area contributed by atoms with Gasteiger partial charge < -0.3 is 20.9 Å². The van der Waals surface area contributed by atoms with Crippen molar-refractivity contribution in [3.63, 3.8) is 0 Å². The van der Waals surface area contributed by atoms with Gasteiger partial charge in [0, 0.05) is 50.7 Å². The third-order valence-corrected chi connectivity index (χ3v) is 13.6. The number of carbonyl (C=O) groups excluding carboxylic acids is 4. The van der Waals surface area contributed by atoms with Crippen LogP contribution in [0.15, 0.2) is 76.1 Å². The van der Waals surface area contributed by atoms with E-state index < -0.39 is 56.3 Å². The van der Waals surface area contributed by atoms with E-state index in [0.717, 1.165) is 40.5 Å². The zero-order valence-corrected chi connectivity index (χ0v) is 33.7. The summed E-state index contributed by atoms with van der Waals surface area (Å²) < 4.78 is 56.2. The van der Waals surface area contributed by atoms with Gasteiger partial charge in [-0.15, -0.1) is 11.3 Å². The number of sulfonamides is 2. The molecule has 19 heteroatoms. The average molecular weight is 829 g/mol. The standard InChI is InChI=1S/C37H48N8O8S3/c1-27-12-14-29(15-13-27)56(52,53)42-37(38)40-18-8-11-30(34(48)35-39-19-24-54-35)41-32(46)25-44-22-23-45(55(50,51)26-28-9-4-2-5-10-28)31(36(44)49)16-17-33(47)43-20-6-3-7-21-43/h2,4-5,9-10,12-15,19,24,30-31H,3,6-8,11,16-18,20-23,25-26H2,1H3,(H,41,46)(H3,38,40,42). The fraction of sp³-hybridized carbons (Fsp3) is 0.459. The van der Waals surface area contributed by atoms with Crippen LogP contribution in [-0.4, -0.2) is 117 Å². The molecule has 56 heavy (non-hydrogen) atoms. The fourth-order valence-corrected chi connectivity index (χ4v) is 9.93. The van der Waals surface area contributed by atoms with Crippen molar-refractivity contribution >= 4 is 60.8 Å². The van der Waals surface area contributed by atoms with E-state index in [1.54, 1.807) is 52.7 Å². The molecule has 2 atom stereocenters. The van der Waals surface area contributed by atoms with Gasteiger partial charge in [0.15, 0.2) is 5.01 Å². The Kier molecular flexibility index (Phi) is 14.7. The molecule has 2 saturated heterocycles. The molecule has 0 saturated carbocycles. The second-order valence-electron chi connectivity index (χ2n) is 13.8. The van der Waals surface area contributed by atoms with Gasteiger partial charge >= 0.3 is 0 Å². The van der Waals surface area contributed by atoms with Crippen LogP contribution in [0.5, 0.6) is 0 Å². The Hall–Kier alpha value is -4.72. The topological polar surface area (TPSA) is 222 Å². The molecule has 2 unspecified atom stereocenters. The summed E-state index contributed by atoms with van der Waals surface area (Å²) in [5.41, 5.74) is 7.30. The van der Waals surface area contributed by atoms with Gasteiger partial charge in [-0.2, -0.15) is 4.31 Å². The van der Waals surface area contributed by atoms with Gasteiger partial charge in [0.1, 0.15) is 6.04 Å². The van der Waals surface area contributed by atoms with E-state index >= 15 is 0 Å². The number of hydrogen-bond acceptors (Lipinski definition) is 11. The lowest BCUT2D eigenvalue weighted by atomic mass is 10.0. The zero-order valence-electron chi connectivity index (χ0n) is 31.2. The number of rotatable bonds is 17. The number of nitrogens with two attached hydrogens (primary N) is 1. The van der Waals surface area contributed by atoms with E-state index in [-0.39, 0.29) is 72.8 Å². The molecule has 0 spiro atoms. The molecule has 3 aromatic rings. The van der Waals surface area contributed by atoms with Gasteiger partial charge in [-0.1, -0.05) is 48.0 Å². The quantitative estimate of drug-likeness (QED) is 0.0778. The molecule has 1 aromatic heterocycles. The number of benzene rings is 2. The number of piperidine rings is 1. The monoisotopic (exact) mass is 828 g/mol. The minimum atomic E-state index is -3.99. The van der Waals surface area contributed by atoms with E-state index in [1.807, 2.05) is 6.92 Å². The van der Waals surface area contributed by atoms with Crippen molar-refractivity contribution < 1.29 is 36.0 Å². The van der Waals surface area contributed by atoms with Crippen LogP contribution < -0.4 is 15.8 Å². The van der Waals surface area contributed by atoms with Gasteiger partial charge in [-0.25, -0.2) is 26.5 Å². The number of guanidine groups is 1. The van der Waals surface area contributed by atoms with Crippen molar-refractivity contribution in [3.8, 4) is 0 Å². The number of Topliss-reactive ketones (excluding diaryl/α,β-unsaturated/α-hetero) is 1. The van der Waals surface area contributed by atoms with Crippen LogP contribution in [0.25, 0.3) is 0 Å². The van der Waals surface area contributed by atoms with Crippen molar-refractivity contribution in [2.45, 2.75) is 74.6 Å². The molecule has 2 aromatic carbocycles. The number of likely N-dealkylation sites (tertiary alicyclic amines) is 1. The second kappa shape index (κ2) is 19.4. The first-order valence-corrected chi connectivity index (χ1v) is 22.4.